The fourth-order valence-corrected chi connectivity index (χ4v) is 7.68. The van der Waals surface area contributed by atoms with Gasteiger partial charge in [-0.15, -0.1) is 0 Å². The molecule has 0 radical (unpaired) electrons. The van der Waals surface area contributed by atoms with Crippen LogP contribution in [0.4, 0.5) is 15.8 Å². The van der Waals surface area contributed by atoms with Crippen LogP contribution in [0.25, 0.3) is 0 Å². The van der Waals surface area contributed by atoms with E-state index in [4.69, 9.17) is 27.9 Å². The Morgan fingerprint density at radius 1 is 1.17 bits per heavy atom. The largest absolute Gasteiger partial charge is 0.495 e. The predicted octanol–water partition coefficient (Wildman–Crippen LogP) is 7.02. The Labute approximate surface area is 282 Å². The zero-order valence-corrected chi connectivity index (χ0v) is 27.9. The van der Waals surface area contributed by atoms with Gasteiger partial charge in [-0.05, 0) is 59.4 Å². The molecule has 2 aliphatic heterocycles. The van der Waals surface area contributed by atoms with Crippen molar-refractivity contribution in [2.75, 3.05) is 23.9 Å². The first kappa shape index (κ1) is 32.8. The summed E-state index contributed by atoms with van der Waals surface area (Å²) in [5, 5.41) is 16.6. The minimum atomic E-state index is -1.12. The molecular formula is C35H36Cl2FN5O4. The molecule has 6 rings (SSSR count). The van der Waals surface area contributed by atoms with E-state index in [0.717, 1.165) is 16.9 Å². The highest BCUT2D eigenvalue weighted by Crippen LogP contribution is 2.58. The summed E-state index contributed by atoms with van der Waals surface area (Å²) >= 11 is 13.0. The second-order valence-corrected chi connectivity index (χ2v) is 14.3. The fourth-order valence-electron chi connectivity index (χ4n) is 7.34. The normalized spacial score (nSPS) is 22.0. The summed E-state index contributed by atoms with van der Waals surface area (Å²) < 4.78 is 21.7. The first-order valence-corrected chi connectivity index (χ1v) is 16.0. The molecule has 9 nitrogen and oxygen atoms in total. The summed E-state index contributed by atoms with van der Waals surface area (Å²) in [7, 11) is 1.40. The third-order valence-electron chi connectivity index (χ3n) is 9.17. The van der Waals surface area contributed by atoms with Crippen molar-refractivity contribution in [1.29, 1.82) is 0 Å². The maximum atomic E-state index is 16.3. The Balaban J connectivity index is 1.53. The smallest absolute Gasteiger partial charge is 0.335 e. The number of halogens is 3. The first-order valence-electron chi connectivity index (χ1n) is 15.3. The molecule has 1 aromatic heterocycles. The molecular weight excluding hydrogens is 644 g/mol. The molecule has 3 aromatic carbocycles. The van der Waals surface area contributed by atoms with Crippen LogP contribution in [0.1, 0.15) is 60.3 Å². The zero-order chi connectivity index (χ0) is 33.7. The van der Waals surface area contributed by atoms with Gasteiger partial charge in [0.05, 0.1) is 48.0 Å². The number of carbonyl (C=O) groups is 2. The monoisotopic (exact) mass is 679 g/mol. The SMILES string of the molecule is COc1cc(C(=O)O)ccc1NC(=O)[C@@H]1N[C@@H](CC(C)(C)C)[C@@]2(CN(Cc3c[nH]cn3)c3cc(Cl)ccc32)[C@H]1c1cccc(Cl)c1F. The molecule has 12 heteroatoms. The number of carboxylic acid groups (broad SMARTS) is 1. The predicted molar refractivity (Wildman–Crippen MR) is 180 cm³/mol. The molecule has 4 aromatic rings. The van der Waals surface area contributed by atoms with Gasteiger partial charge in [0.15, 0.2) is 0 Å². The summed E-state index contributed by atoms with van der Waals surface area (Å²) in [5.74, 6) is -2.66. The Morgan fingerprint density at radius 3 is 2.64 bits per heavy atom. The van der Waals surface area contributed by atoms with Gasteiger partial charge in [-0.2, -0.15) is 0 Å². The van der Waals surface area contributed by atoms with Crippen LogP contribution in [-0.4, -0.2) is 52.7 Å². The van der Waals surface area contributed by atoms with Gasteiger partial charge in [0.2, 0.25) is 5.91 Å². The molecule has 0 bridgehead atoms. The lowest BCUT2D eigenvalue weighted by molar-refractivity contribution is -0.118. The van der Waals surface area contributed by atoms with E-state index in [-0.39, 0.29) is 27.8 Å². The molecule has 4 N–H and O–H groups in total. The van der Waals surface area contributed by atoms with Crippen molar-refractivity contribution in [1.82, 2.24) is 15.3 Å². The molecule has 4 atom stereocenters. The molecule has 0 saturated carbocycles. The number of aromatic nitrogens is 2. The van der Waals surface area contributed by atoms with Crippen LogP contribution >= 0.6 is 23.2 Å². The Kier molecular flexibility index (Phi) is 8.71. The lowest BCUT2D eigenvalue weighted by Gasteiger charge is -2.40. The Hall–Kier alpha value is -4.12. The van der Waals surface area contributed by atoms with Crippen molar-refractivity contribution in [3.63, 3.8) is 0 Å². The van der Waals surface area contributed by atoms with Gasteiger partial charge in [0, 0.05) is 40.8 Å². The van der Waals surface area contributed by atoms with Gasteiger partial charge in [-0.1, -0.05) is 62.2 Å². The van der Waals surface area contributed by atoms with E-state index in [1.54, 1.807) is 18.5 Å². The van der Waals surface area contributed by atoms with Crippen LogP contribution in [-0.2, 0) is 16.8 Å². The number of hydrogen-bond donors (Lipinski definition) is 4. The van der Waals surface area contributed by atoms with Crippen molar-refractivity contribution >= 4 is 46.5 Å². The van der Waals surface area contributed by atoms with E-state index in [9.17, 15) is 14.7 Å². The fraction of sp³-hybridized carbons (Fsp3) is 0.343. The van der Waals surface area contributed by atoms with E-state index in [1.165, 1.54) is 31.4 Å². The van der Waals surface area contributed by atoms with Crippen LogP contribution in [0, 0.1) is 11.2 Å². The molecule has 1 spiro atoms. The van der Waals surface area contributed by atoms with Crippen molar-refractivity contribution in [2.45, 2.75) is 57.2 Å². The number of ether oxygens (including phenoxy) is 1. The number of fused-ring (bicyclic) bond motifs is 2. The Bertz CT molecular complexity index is 1830. The summed E-state index contributed by atoms with van der Waals surface area (Å²) in [5.41, 5.74) is 2.30. The first-order chi connectivity index (χ1) is 22.3. The molecule has 2 aliphatic rings. The van der Waals surface area contributed by atoms with Crippen LogP contribution < -0.4 is 20.3 Å². The standard InChI is InChI=1S/C35H36Cl2FN5O4/c1-34(2,3)14-28-35(17-43(16-21-15-39-18-40-21)26-13-20(36)9-10-23(26)35)29(22-6-5-7-24(37)30(22)38)31(42-28)32(44)41-25-11-8-19(33(45)46)12-27(25)47-4/h5-13,15,18,28-29,31,42H,14,16-17H2,1-4H3,(H,39,40)(H,41,44)(H,45,46)/t28-,29-,31+,35-/m0/s1. The van der Waals surface area contributed by atoms with Crippen molar-refractivity contribution in [2.24, 2.45) is 5.41 Å². The quantitative estimate of drug-likeness (QED) is 0.158. The maximum absolute atomic E-state index is 16.3. The highest BCUT2D eigenvalue weighted by Gasteiger charge is 2.63. The average Bonchev–Trinajstić information content (AvgIpc) is 3.72. The van der Waals surface area contributed by atoms with Gasteiger partial charge in [0.25, 0.3) is 0 Å². The third-order valence-corrected chi connectivity index (χ3v) is 9.70. The number of H-pyrrole nitrogens is 1. The molecule has 1 fully saturated rings. The second-order valence-electron chi connectivity index (χ2n) is 13.4. The van der Waals surface area contributed by atoms with Gasteiger partial charge >= 0.3 is 5.97 Å². The minimum absolute atomic E-state index is 0.0140. The van der Waals surface area contributed by atoms with Gasteiger partial charge in [0.1, 0.15) is 11.6 Å². The number of anilines is 2. The number of benzene rings is 3. The number of carboxylic acids is 1. The number of hydrogen-bond acceptors (Lipinski definition) is 6. The molecule has 1 saturated heterocycles. The number of imidazole rings is 1. The second kappa shape index (κ2) is 12.5. The molecule has 47 heavy (non-hydrogen) atoms. The van der Waals surface area contributed by atoms with Crippen molar-refractivity contribution in [3.05, 3.63) is 105 Å². The van der Waals surface area contributed by atoms with E-state index in [1.807, 2.05) is 24.4 Å². The number of aromatic carboxylic acids is 1. The van der Waals surface area contributed by atoms with Crippen LogP contribution in [0.3, 0.4) is 0 Å². The minimum Gasteiger partial charge on any atom is -0.495 e. The average molecular weight is 681 g/mol. The zero-order valence-electron chi connectivity index (χ0n) is 26.4. The third kappa shape index (κ3) is 6.06. The number of nitrogens with zero attached hydrogens (tertiary/aromatic N) is 2. The number of aromatic amines is 1. The number of amides is 1. The topological polar surface area (TPSA) is 120 Å². The number of methoxy groups -OCH3 is 1. The van der Waals surface area contributed by atoms with Crippen LogP contribution in [0.5, 0.6) is 5.75 Å². The maximum Gasteiger partial charge on any atom is 0.335 e. The number of nitrogens with one attached hydrogen (secondary N) is 3. The number of rotatable bonds is 8. The van der Waals surface area contributed by atoms with Crippen LogP contribution in [0.2, 0.25) is 10.0 Å². The Morgan fingerprint density at radius 2 is 1.96 bits per heavy atom. The van der Waals surface area contributed by atoms with Gasteiger partial charge < -0.3 is 30.4 Å². The lowest BCUT2D eigenvalue weighted by Crippen LogP contribution is -2.48. The van der Waals surface area contributed by atoms with Crippen LogP contribution in [0.15, 0.2) is 67.1 Å². The molecule has 3 heterocycles. The highest BCUT2D eigenvalue weighted by atomic mass is 35.5. The lowest BCUT2D eigenvalue weighted by atomic mass is 9.63. The molecule has 1 amide bonds. The van der Waals surface area contributed by atoms with Gasteiger partial charge in [-0.3, -0.25) is 4.79 Å². The summed E-state index contributed by atoms with van der Waals surface area (Å²) in [6.07, 6.45) is 4.12. The van der Waals surface area contributed by atoms with Gasteiger partial charge in [-0.25, -0.2) is 14.2 Å². The summed E-state index contributed by atoms with van der Waals surface area (Å²) in [6, 6.07) is 13.7. The van der Waals surface area contributed by atoms with E-state index in [0.29, 0.717) is 35.8 Å². The van der Waals surface area contributed by atoms with E-state index < -0.39 is 35.1 Å². The number of carbonyl (C=O) groups excluding carboxylic acids is 1. The molecule has 0 aliphatic carbocycles. The molecule has 0 unspecified atom stereocenters. The van der Waals surface area contributed by atoms with E-state index in [2.05, 4.69) is 46.3 Å². The van der Waals surface area contributed by atoms with E-state index >= 15 is 4.39 Å². The summed E-state index contributed by atoms with van der Waals surface area (Å²) in [4.78, 5) is 35.8. The molecule has 246 valence electrons. The van der Waals surface area contributed by atoms with Crippen molar-refractivity contribution in [3.8, 4) is 5.75 Å². The summed E-state index contributed by atoms with van der Waals surface area (Å²) in [6.45, 7) is 7.33. The van der Waals surface area contributed by atoms with Crippen molar-refractivity contribution < 1.29 is 23.8 Å². The highest BCUT2D eigenvalue weighted by molar-refractivity contribution is 6.31.